The normalized spacial score (nSPS) is 12.6. The second-order valence-electron chi connectivity index (χ2n) is 4.67. The molecular weight excluding hydrogens is 168 g/mol. The highest BCUT2D eigenvalue weighted by Gasteiger charge is 2.36. The monoisotopic (exact) mass is 186 g/mol. The van der Waals surface area contributed by atoms with Gasteiger partial charge in [-0.1, -0.05) is 27.7 Å². The molecule has 0 radical (unpaired) electrons. The summed E-state index contributed by atoms with van der Waals surface area (Å²) in [7, 11) is 0. The van der Waals surface area contributed by atoms with Crippen LogP contribution in [0.25, 0.3) is 0 Å². The summed E-state index contributed by atoms with van der Waals surface area (Å²) in [4.78, 5) is 22.0. The quantitative estimate of drug-likeness (QED) is 0.665. The van der Waals surface area contributed by atoms with Gasteiger partial charge in [0.2, 0.25) is 11.8 Å². The van der Waals surface area contributed by atoms with Crippen LogP contribution in [-0.4, -0.2) is 11.8 Å². The van der Waals surface area contributed by atoms with Crippen LogP contribution in [-0.2, 0) is 9.59 Å². The molecule has 0 spiro atoms. The third-order valence-electron chi connectivity index (χ3n) is 2.22. The van der Waals surface area contributed by atoms with Gasteiger partial charge in [-0.3, -0.25) is 9.59 Å². The van der Waals surface area contributed by atoms with Gasteiger partial charge in [0, 0.05) is 10.8 Å². The molecule has 4 heteroatoms. The van der Waals surface area contributed by atoms with E-state index in [9.17, 15) is 9.59 Å². The van der Waals surface area contributed by atoms with Crippen LogP contribution in [0.2, 0.25) is 0 Å². The van der Waals surface area contributed by atoms with Gasteiger partial charge < -0.3 is 11.5 Å². The summed E-state index contributed by atoms with van der Waals surface area (Å²) in [6, 6.07) is 0. The van der Waals surface area contributed by atoms with Gasteiger partial charge in [0.25, 0.3) is 0 Å². The fourth-order valence-corrected chi connectivity index (χ4v) is 1.28. The third kappa shape index (κ3) is 3.05. The second kappa shape index (κ2) is 3.36. The van der Waals surface area contributed by atoms with Crippen molar-refractivity contribution >= 4 is 11.8 Å². The van der Waals surface area contributed by atoms with E-state index in [-0.39, 0.29) is 0 Å². The molecule has 2 amide bonds. The number of amides is 2. The van der Waals surface area contributed by atoms with E-state index in [4.69, 9.17) is 11.5 Å². The molecule has 0 saturated carbocycles. The predicted octanol–water partition coefficient (Wildman–Crippen LogP) is 0.399. The second-order valence-corrected chi connectivity index (χ2v) is 4.67. The third-order valence-corrected chi connectivity index (χ3v) is 2.22. The summed E-state index contributed by atoms with van der Waals surface area (Å²) < 4.78 is 0. The van der Waals surface area contributed by atoms with Crippen molar-refractivity contribution in [1.29, 1.82) is 0 Å². The molecule has 0 fully saturated rings. The topological polar surface area (TPSA) is 86.2 Å². The Bertz CT molecular complexity index is 208. The van der Waals surface area contributed by atoms with Gasteiger partial charge in [0.15, 0.2) is 0 Å². The molecular formula is C9H18N2O2. The van der Waals surface area contributed by atoms with Gasteiger partial charge in [0.1, 0.15) is 0 Å². The summed E-state index contributed by atoms with van der Waals surface area (Å²) in [5, 5.41) is 0. The number of nitrogens with two attached hydrogens (primary N) is 2. The van der Waals surface area contributed by atoms with Crippen LogP contribution < -0.4 is 11.5 Å². The maximum atomic E-state index is 11.0. The summed E-state index contributed by atoms with van der Waals surface area (Å²) in [5.41, 5.74) is 8.98. The van der Waals surface area contributed by atoms with E-state index in [1.807, 2.05) is 0 Å². The van der Waals surface area contributed by atoms with Gasteiger partial charge >= 0.3 is 0 Å². The smallest absolute Gasteiger partial charge is 0.223 e. The van der Waals surface area contributed by atoms with Crippen LogP contribution in [0.5, 0.6) is 0 Å². The van der Waals surface area contributed by atoms with E-state index in [1.165, 1.54) is 0 Å². The fourth-order valence-electron chi connectivity index (χ4n) is 1.28. The highest BCUT2D eigenvalue weighted by molar-refractivity contribution is 5.83. The van der Waals surface area contributed by atoms with Gasteiger partial charge in [-0.15, -0.1) is 0 Å². The molecule has 0 bridgehead atoms. The molecule has 0 aromatic carbocycles. The highest BCUT2D eigenvalue weighted by Crippen LogP contribution is 2.32. The number of carbonyl (C=O) groups excluding carboxylic acids is 2. The molecule has 0 aromatic heterocycles. The lowest BCUT2D eigenvalue weighted by atomic mass is 9.74. The molecule has 76 valence electrons. The number of primary amides is 2. The largest absolute Gasteiger partial charge is 0.369 e. The first-order valence-corrected chi connectivity index (χ1v) is 4.19. The average Bonchev–Trinajstić information content (AvgIpc) is 1.83. The van der Waals surface area contributed by atoms with Crippen LogP contribution in [0.15, 0.2) is 0 Å². The SMILES string of the molecule is CC(C)(CC(C)(C)C(N)=O)C(N)=O. The lowest BCUT2D eigenvalue weighted by Crippen LogP contribution is -2.41. The Balaban J connectivity index is 4.61. The molecule has 0 heterocycles. The Kier molecular flexibility index (Phi) is 3.08. The number of carbonyl (C=O) groups is 2. The zero-order valence-electron chi connectivity index (χ0n) is 8.68. The standard InChI is InChI=1S/C9H18N2O2/c1-8(2,6(10)12)5-9(3,4)7(11)13/h5H2,1-4H3,(H2,10,12)(H2,11,13). The minimum Gasteiger partial charge on any atom is -0.369 e. The molecule has 4 nitrogen and oxygen atoms in total. The van der Waals surface area contributed by atoms with E-state index in [1.54, 1.807) is 27.7 Å². The Morgan fingerprint density at radius 3 is 1.31 bits per heavy atom. The molecule has 0 atom stereocenters. The van der Waals surface area contributed by atoms with E-state index >= 15 is 0 Å². The molecule has 13 heavy (non-hydrogen) atoms. The van der Waals surface area contributed by atoms with Crippen LogP contribution in [0.4, 0.5) is 0 Å². The summed E-state index contributed by atoms with van der Waals surface area (Å²) in [6.45, 7) is 6.83. The lowest BCUT2D eigenvalue weighted by molar-refractivity contribution is -0.132. The van der Waals surface area contributed by atoms with Gasteiger partial charge in [-0.25, -0.2) is 0 Å². The molecule has 4 N–H and O–H groups in total. The van der Waals surface area contributed by atoms with Gasteiger partial charge in [-0.2, -0.15) is 0 Å². The maximum Gasteiger partial charge on any atom is 0.223 e. The van der Waals surface area contributed by atoms with Crippen LogP contribution in [0.1, 0.15) is 34.1 Å². The van der Waals surface area contributed by atoms with E-state index in [0.29, 0.717) is 6.42 Å². The zero-order chi connectivity index (χ0) is 10.9. The zero-order valence-corrected chi connectivity index (χ0v) is 8.68. The predicted molar refractivity (Wildman–Crippen MR) is 50.6 cm³/mol. The Morgan fingerprint density at radius 1 is 0.923 bits per heavy atom. The van der Waals surface area contributed by atoms with Crippen molar-refractivity contribution in [3.8, 4) is 0 Å². The number of hydrogen-bond acceptors (Lipinski definition) is 2. The van der Waals surface area contributed by atoms with Crippen molar-refractivity contribution in [3.63, 3.8) is 0 Å². The van der Waals surface area contributed by atoms with Gasteiger partial charge in [0.05, 0.1) is 0 Å². The lowest BCUT2D eigenvalue weighted by Gasteiger charge is -2.30. The average molecular weight is 186 g/mol. The molecule has 0 aliphatic heterocycles. The molecule has 0 rings (SSSR count). The van der Waals surface area contributed by atoms with Gasteiger partial charge in [-0.05, 0) is 6.42 Å². The Morgan fingerprint density at radius 2 is 1.15 bits per heavy atom. The van der Waals surface area contributed by atoms with E-state index < -0.39 is 22.6 Å². The Hall–Kier alpha value is -1.06. The minimum atomic E-state index is -0.696. The highest BCUT2D eigenvalue weighted by atomic mass is 16.2. The van der Waals surface area contributed by atoms with Crippen molar-refractivity contribution in [2.24, 2.45) is 22.3 Å². The summed E-state index contributed by atoms with van der Waals surface area (Å²) >= 11 is 0. The first kappa shape index (κ1) is 11.9. The van der Waals surface area contributed by atoms with Crippen LogP contribution in [0, 0.1) is 10.8 Å². The summed E-state index contributed by atoms with van der Waals surface area (Å²) in [6.07, 6.45) is 0.366. The first-order chi connectivity index (χ1) is 5.59. The molecule has 0 unspecified atom stereocenters. The Labute approximate surface area is 78.7 Å². The fraction of sp³-hybridized carbons (Fsp3) is 0.778. The molecule has 0 saturated heterocycles. The molecule has 0 aromatic rings. The first-order valence-electron chi connectivity index (χ1n) is 4.19. The van der Waals surface area contributed by atoms with E-state index in [0.717, 1.165) is 0 Å². The van der Waals surface area contributed by atoms with Crippen molar-refractivity contribution < 1.29 is 9.59 Å². The van der Waals surface area contributed by atoms with Crippen molar-refractivity contribution in [3.05, 3.63) is 0 Å². The number of hydrogen-bond donors (Lipinski definition) is 2. The maximum absolute atomic E-state index is 11.0. The minimum absolute atomic E-state index is 0.366. The van der Waals surface area contributed by atoms with Crippen molar-refractivity contribution in [2.45, 2.75) is 34.1 Å². The number of rotatable bonds is 4. The van der Waals surface area contributed by atoms with Crippen molar-refractivity contribution in [1.82, 2.24) is 0 Å². The van der Waals surface area contributed by atoms with Crippen LogP contribution >= 0.6 is 0 Å². The van der Waals surface area contributed by atoms with Crippen molar-refractivity contribution in [2.75, 3.05) is 0 Å². The van der Waals surface area contributed by atoms with E-state index in [2.05, 4.69) is 0 Å². The summed E-state index contributed by atoms with van der Waals surface area (Å²) in [5.74, 6) is -0.830. The molecule has 0 aliphatic rings. The molecule has 0 aliphatic carbocycles. The van der Waals surface area contributed by atoms with Crippen LogP contribution in [0.3, 0.4) is 0 Å².